The van der Waals surface area contributed by atoms with E-state index < -0.39 is 0 Å². The van der Waals surface area contributed by atoms with Crippen molar-refractivity contribution in [3.05, 3.63) is 28.5 Å². The van der Waals surface area contributed by atoms with Gasteiger partial charge in [-0.25, -0.2) is 4.98 Å². The second-order valence-electron chi connectivity index (χ2n) is 4.55. The predicted octanol–water partition coefficient (Wildman–Crippen LogP) is 2.26. The maximum absolute atomic E-state index is 12.4. The molecule has 1 atom stereocenters. The molecule has 0 saturated heterocycles. The molecule has 0 N–H and O–H groups in total. The number of likely N-dealkylation sites (N-methyl/N-ethyl adjacent to an activating group) is 2. The van der Waals surface area contributed by atoms with Crippen molar-refractivity contribution in [2.45, 2.75) is 19.9 Å². The number of halogens is 1. The van der Waals surface area contributed by atoms with Crippen LogP contribution in [0.4, 0.5) is 0 Å². The average molecular weight is 314 g/mol. The number of amides is 1. The van der Waals surface area contributed by atoms with Crippen molar-refractivity contribution in [2.24, 2.45) is 0 Å². The van der Waals surface area contributed by atoms with Gasteiger partial charge in [0.1, 0.15) is 10.3 Å². The summed E-state index contributed by atoms with van der Waals surface area (Å²) >= 11 is 3.29. The summed E-state index contributed by atoms with van der Waals surface area (Å²) in [6, 6.07) is 5.56. The van der Waals surface area contributed by atoms with Gasteiger partial charge in [-0.2, -0.15) is 0 Å². The summed E-state index contributed by atoms with van der Waals surface area (Å²) in [5, 5.41) is 0. The lowest BCUT2D eigenvalue weighted by atomic mass is 10.2. The molecule has 1 unspecified atom stereocenters. The number of rotatable bonds is 5. The number of hydrogen-bond acceptors (Lipinski definition) is 3. The molecule has 1 heterocycles. The van der Waals surface area contributed by atoms with Crippen molar-refractivity contribution in [3.8, 4) is 0 Å². The summed E-state index contributed by atoms with van der Waals surface area (Å²) in [7, 11) is 4.01. The Labute approximate surface area is 117 Å². The number of carbonyl (C=O) groups excluding carboxylic acids is 1. The van der Waals surface area contributed by atoms with Crippen LogP contribution >= 0.6 is 15.9 Å². The van der Waals surface area contributed by atoms with Gasteiger partial charge in [0.05, 0.1) is 0 Å². The maximum Gasteiger partial charge on any atom is 0.272 e. The van der Waals surface area contributed by atoms with Crippen LogP contribution < -0.4 is 0 Å². The number of nitrogens with zero attached hydrogens (tertiary/aromatic N) is 3. The minimum absolute atomic E-state index is 0.0202. The summed E-state index contributed by atoms with van der Waals surface area (Å²) in [6.07, 6.45) is 0. The normalized spacial score (nSPS) is 12.6. The largest absolute Gasteiger partial charge is 0.334 e. The summed E-state index contributed by atoms with van der Waals surface area (Å²) in [5.74, 6) is -0.0202. The monoisotopic (exact) mass is 313 g/mol. The number of carbonyl (C=O) groups is 1. The Bertz CT molecular complexity index is 409. The van der Waals surface area contributed by atoms with Crippen molar-refractivity contribution in [2.75, 3.05) is 27.2 Å². The van der Waals surface area contributed by atoms with E-state index in [1.165, 1.54) is 0 Å². The molecule has 0 aliphatic heterocycles. The van der Waals surface area contributed by atoms with Crippen LogP contribution in [0, 0.1) is 0 Å². The van der Waals surface area contributed by atoms with E-state index in [4.69, 9.17) is 0 Å². The molecule has 0 bridgehead atoms. The van der Waals surface area contributed by atoms with E-state index in [2.05, 4.69) is 32.7 Å². The summed E-state index contributed by atoms with van der Waals surface area (Å²) in [6.45, 7) is 5.57. The van der Waals surface area contributed by atoms with Crippen LogP contribution in [-0.2, 0) is 0 Å². The van der Waals surface area contributed by atoms with Gasteiger partial charge in [0.2, 0.25) is 0 Å². The number of pyridine rings is 1. The molecule has 0 aliphatic carbocycles. The molecule has 1 rings (SSSR count). The highest BCUT2D eigenvalue weighted by Crippen LogP contribution is 2.11. The predicted molar refractivity (Wildman–Crippen MR) is 76.7 cm³/mol. The highest BCUT2D eigenvalue weighted by atomic mass is 79.9. The molecule has 100 valence electrons. The lowest BCUT2D eigenvalue weighted by molar-refractivity contribution is 0.0673. The Morgan fingerprint density at radius 2 is 2.11 bits per heavy atom. The fourth-order valence-electron chi connectivity index (χ4n) is 1.96. The van der Waals surface area contributed by atoms with Gasteiger partial charge >= 0.3 is 0 Å². The van der Waals surface area contributed by atoms with Gasteiger partial charge in [-0.3, -0.25) is 4.79 Å². The molecule has 18 heavy (non-hydrogen) atoms. The van der Waals surface area contributed by atoms with Crippen LogP contribution in [0.5, 0.6) is 0 Å². The second kappa shape index (κ2) is 6.85. The quantitative estimate of drug-likeness (QED) is 0.782. The molecule has 0 saturated carbocycles. The molecular weight excluding hydrogens is 294 g/mol. The topological polar surface area (TPSA) is 36.4 Å². The fraction of sp³-hybridized carbons (Fsp3) is 0.538. The molecule has 0 radical (unpaired) electrons. The SMILES string of the molecule is CCN(C(=O)c1cccc(Br)n1)C(C)CN(C)C. The number of aromatic nitrogens is 1. The smallest absolute Gasteiger partial charge is 0.272 e. The first-order valence-corrected chi connectivity index (χ1v) is 6.83. The highest BCUT2D eigenvalue weighted by molar-refractivity contribution is 9.10. The van der Waals surface area contributed by atoms with Crippen molar-refractivity contribution in [3.63, 3.8) is 0 Å². The van der Waals surface area contributed by atoms with Gasteiger partial charge in [0.15, 0.2) is 0 Å². The number of hydrogen-bond donors (Lipinski definition) is 0. The first-order chi connectivity index (χ1) is 8.45. The lowest BCUT2D eigenvalue weighted by Gasteiger charge is -2.29. The van der Waals surface area contributed by atoms with Crippen LogP contribution in [0.3, 0.4) is 0 Å². The Morgan fingerprint density at radius 1 is 1.44 bits per heavy atom. The van der Waals surface area contributed by atoms with Crippen LogP contribution in [0.1, 0.15) is 24.3 Å². The third-order valence-electron chi connectivity index (χ3n) is 2.70. The molecule has 0 aliphatic rings. The summed E-state index contributed by atoms with van der Waals surface area (Å²) in [5.41, 5.74) is 0.483. The molecule has 4 nitrogen and oxygen atoms in total. The molecule has 1 amide bonds. The maximum atomic E-state index is 12.4. The minimum Gasteiger partial charge on any atom is -0.334 e. The zero-order valence-corrected chi connectivity index (χ0v) is 12.9. The molecule has 0 fully saturated rings. The highest BCUT2D eigenvalue weighted by Gasteiger charge is 2.21. The van der Waals surface area contributed by atoms with Crippen molar-refractivity contribution in [1.82, 2.24) is 14.8 Å². The van der Waals surface area contributed by atoms with E-state index in [0.717, 1.165) is 6.54 Å². The van der Waals surface area contributed by atoms with Gasteiger partial charge < -0.3 is 9.80 Å². The zero-order chi connectivity index (χ0) is 13.7. The molecular formula is C13H20BrN3O. The Kier molecular flexibility index (Phi) is 5.75. The van der Waals surface area contributed by atoms with Crippen molar-refractivity contribution in [1.29, 1.82) is 0 Å². The van der Waals surface area contributed by atoms with E-state index in [9.17, 15) is 4.79 Å². The van der Waals surface area contributed by atoms with E-state index in [0.29, 0.717) is 16.8 Å². The van der Waals surface area contributed by atoms with Gasteiger partial charge in [0.25, 0.3) is 5.91 Å². The van der Waals surface area contributed by atoms with E-state index in [-0.39, 0.29) is 11.9 Å². The third kappa shape index (κ3) is 4.07. The second-order valence-corrected chi connectivity index (χ2v) is 5.36. The summed E-state index contributed by atoms with van der Waals surface area (Å²) < 4.78 is 0.685. The first kappa shape index (κ1) is 15.1. The van der Waals surface area contributed by atoms with Gasteiger partial charge in [-0.1, -0.05) is 6.07 Å². The van der Waals surface area contributed by atoms with Crippen LogP contribution in [0.15, 0.2) is 22.8 Å². The van der Waals surface area contributed by atoms with Crippen LogP contribution in [-0.4, -0.2) is 53.9 Å². The molecule has 1 aromatic heterocycles. The van der Waals surface area contributed by atoms with E-state index >= 15 is 0 Å². The van der Waals surface area contributed by atoms with Gasteiger partial charge in [-0.05, 0) is 56.0 Å². The molecule has 0 aromatic carbocycles. The molecule has 5 heteroatoms. The van der Waals surface area contributed by atoms with Crippen LogP contribution in [0.2, 0.25) is 0 Å². The lowest BCUT2D eigenvalue weighted by Crippen LogP contribution is -2.44. The van der Waals surface area contributed by atoms with Crippen molar-refractivity contribution >= 4 is 21.8 Å². The standard InChI is InChI=1S/C13H20BrN3O/c1-5-17(10(2)9-16(3)4)13(18)11-7-6-8-12(14)15-11/h6-8,10H,5,9H2,1-4H3. The Balaban J connectivity index is 2.85. The average Bonchev–Trinajstić information content (AvgIpc) is 2.28. The van der Waals surface area contributed by atoms with Gasteiger partial charge in [-0.15, -0.1) is 0 Å². The molecule has 0 spiro atoms. The third-order valence-corrected chi connectivity index (χ3v) is 3.14. The van der Waals surface area contributed by atoms with Crippen LogP contribution in [0.25, 0.3) is 0 Å². The van der Waals surface area contributed by atoms with E-state index in [1.54, 1.807) is 6.07 Å². The van der Waals surface area contributed by atoms with Crippen molar-refractivity contribution < 1.29 is 4.79 Å². The molecule has 1 aromatic rings. The zero-order valence-electron chi connectivity index (χ0n) is 11.4. The minimum atomic E-state index is -0.0202. The summed E-state index contributed by atoms with van der Waals surface area (Å²) in [4.78, 5) is 20.5. The van der Waals surface area contributed by atoms with E-state index in [1.807, 2.05) is 38.1 Å². The Hall–Kier alpha value is -0.940. The Morgan fingerprint density at radius 3 is 2.61 bits per heavy atom. The van der Waals surface area contributed by atoms with Gasteiger partial charge in [0, 0.05) is 19.1 Å². The fourth-order valence-corrected chi connectivity index (χ4v) is 2.30. The first-order valence-electron chi connectivity index (χ1n) is 6.04.